The van der Waals surface area contributed by atoms with Crippen molar-refractivity contribution < 1.29 is 4.74 Å². The lowest BCUT2D eigenvalue weighted by molar-refractivity contribution is 0.297. The van der Waals surface area contributed by atoms with Crippen LogP contribution in [0.25, 0.3) is 0 Å². The van der Waals surface area contributed by atoms with Gasteiger partial charge in [-0.25, -0.2) is 0 Å². The molecule has 1 heterocycles. The molecule has 0 unspecified atom stereocenters. The third-order valence-corrected chi connectivity index (χ3v) is 3.41. The van der Waals surface area contributed by atoms with E-state index in [4.69, 9.17) is 4.74 Å². The summed E-state index contributed by atoms with van der Waals surface area (Å²) in [5, 5.41) is 3.34. The number of aromatic nitrogens is 1. The fourth-order valence-corrected chi connectivity index (χ4v) is 2.12. The number of rotatable bonds is 6. The number of aryl methyl sites for hydroxylation is 1. The van der Waals surface area contributed by atoms with Gasteiger partial charge in [0.2, 0.25) is 0 Å². The molecular formula is C16H19BrN2O. The van der Waals surface area contributed by atoms with Crippen LogP contribution >= 0.6 is 15.9 Å². The Labute approximate surface area is 128 Å². The number of nitrogens with one attached hydrogen (secondary N) is 1. The third-order valence-electron chi connectivity index (χ3n) is 2.95. The number of hydrogen-bond donors (Lipinski definition) is 1. The topological polar surface area (TPSA) is 34.1 Å². The normalized spacial score (nSPS) is 10.6. The first kappa shape index (κ1) is 15.0. The molecule has 20 heavy (non-hydrogen) atoms. The van der Waals surface area contributed by atoms with E-state index >= 15 is 0 Å². The summed E-state index contributed by atoms with van der Waals surface area (Å²) in [6.45, 7) is 6.44. The van der Waals surface area contributed by atoms with E-state index in [1.54, 1.807) is 6.20 Å². The van der Waals surface area contributed by atoms with Gasteiger partial charge in [0.25, 0.3) is 0 Å². The Morgan fingerprint density at radius 3 is 2.80 bits per heavy atom. The molecule has 0 saturated carbocycles. The molecule has 0 atom stereocenters. The summed E-state index contributed by atoms with van der Waals surface area (Å²) in [5.41, 5.74) is 3.35. The van der Waals surface area contributed by atoms with Crippen molar-refractivity contribution in [2.24, 2.45) is 0 Å². The molecule has 0 bridgehead atoms. The van der Waals surface area contributed by atoms with Gasteiger partial charge in [-0.2, -0.15) is 0 Å². The molecule has 1 aromatic heterocycles. The molecule has 0 aliphatic heterocycles. The standard InChI is InChI=1S/C16H19BrN2O/c1-3-18-9-13-8-12(2)4-7-16(13)20-11-15-6-5-14(17)10-19-15/h4-8,10,18H,3,9,11H2,1-2H3. The number of ether oxygens (including phenoxy) is 1. The first-order valence-electron chi connectivity index (χ1n) is 6.72. The van der Waals surface area contributed by atoms with E-state index in [0.29, 0.717) is 6.61 Å². The molecule has 0 amide bonds. The number of halogens is 1. The number of hydrogen-bond acceptors (Lipinski definition) is 3. The van der Waals surface area contributed by atoms with E-state index in [2.05, 4.69) is 52.2 Å². The van der Waals surface area contributed by atoms with Crippen LogP contribution in [0, 0.1) is 6.92 Å². The summed E-state index contributed by atoms with van der Waals surface area (Å²) in [6, 6.07) is 10.2. The lowest BCUT2D eigenvalue weighted by atomic mass is 10.1. The van der Waals surface area contributed by atoms with Crippen molar-refractivity contribution in [2.75, 3.05) is 6.54 Å². The fourth-order valence-electron chi connectivity index (χ4n) is 1.89. The van der Waals surface area contributed by atoms with E-state index in [1.165, 1.54) is 11.1 Å². The second kappa shape index (κ2) is 7.41. The predicted octanol–water partition coefficient (Wildman–Crippen LogP) is 3.84. The Morgan fingerprint density at radius 2 is 2.10 bits per heavy atom. The van der Waals surface area contributed by atoms with Crippen LogP contribution in [0.1, 0.15) is 23.7 Å². The van der Waals surface area contributed by atoms with Gasteiger partial charge in [-0.15, -0.1) is 0 Å². The van der Waals surface area contributed by atoms with Crippen LogP contribution in [0.15, 0.2) is 41.0 Å². The van der Waals surface area contributed by atoms with Crippen LogP contribution in [0.2, 0.25) is 0 Å². The molecule has 0 fully saturated rings. The van der Waals surface area contributed by atoms with Crippen molar-refractivity contribution in [1.29, 1.82) is 0 Å². The van der Waals surface area contributed by atoms with Gasteiger partial charge in [0.15, 0.2) is 0 Å². The molecule has 1 aromatic carbocycles. The van der Waals surface area contributed by atoms with E-state index in [-0.39, 0.29) is 0 Å². The van der Waals surface area contributed by atoms with Crippen molar-refractivity contribution in [2.45, 2.75) is 27.0 Å². The van der Waals surface area contributed by atoms with Gasteiger partial charge in [0, 0.05) is 22.8 Å². The number of nitrogens with zero attached hydrogens (tertiary/aromatic N) is 1. The summed E-state index contributed by atoms with van der Waals surface area (Å²) >= 11 is 3.38. The van der Waals surface area contributed by atoms with Crippen molar-refractivity contribution in [3.63, 3.8) is 0 Å². The number of pyridine rings is 1. The zero-order valence-corrected chi connectivity index (χ0v) is 13.4. The van der Waals surface area contributed by atoms with Crippen molar-refractivity contribution >= 4 is 15.9 Å². The smallest absolute Gasteiger partial charge is 0.130 e. The van der Waals surface area contributed by atoms with Gasteiger partial charge in [0.1, 0.15) is 12.4 Å². The molecule has 1 N–H and O–H groups in total. The first-order valence-corrected chi connectivity index (χ1v) is 7.52. The van der Waals surface area contributed by atoms with Gasteiger partial charge in [-0.3, -0.25) is 4.98 Å². The third kappa shape index (κ3) is 4.32. The predicted molar refractivity (Wildman–Crippen MR) is 84.8 cm³/mol. The van der Waals surface area contributed by atoms with Crippen LogP contribution in [0.5, 0.6) is 5.75 Å². The summed E-state index contributed by atoms with van der Waals surface area (Å²) in [7, 11) is 0. The van der Waals surface area contributed by atoms with Gasteiger partial charge in [-0.05, 0) is 47.6 Å². The molecular weight excluding hydrogens is 316 g/mol. The van der Waals surface area contributed by atoms with Gasteiger partial charge >= 0.3 is 0 Å². The average Bonchev–Trinajstić information content (AvgIpc) is 2.46. The van der Waals surface area contributed by atoms with E-state index in [1.807, 2.05) is 18.2 Å². The maximum absolute atomic E-state index is 5.90. The highest BCUT2D eigenvalue weighted by molar-refractivity contribution is 9.10. The summed E-state index contributed by atoms with van der Waals surface area (Å²) in [6.07, 6.45) is 1.79. The van der Waals surface area contributed by atoms with Crippen molar-refractivity contribution in [3.8, 4) is 5.75 Å². The van der Waals surface area contributed by atoms with Gasteiger partial charge in [-0.1, -0.05) is 24.6 Å². The lowest BCUT2D eigenvalue weighted by Gasteiger charge is -2.12. The zero-order valence-electron chi connectivity index (χ0n) is 11.8. The molecule has 4 heteroatoms. The molecule has 0 spiro atoms. The van der Waals surface area contributed by atoms with Crippen LogP contribution in [0.4, 0.5) is 0 Å². The second-order valence-corrected chi connectivity index (χ2v) is 5.56. The van der Waals surface area contributed by atoms with Crippen LogP contribution in [0.3, 0.4) is 0 Å². The lowest BCUT2D eigenvalue weighted by Crippen LogP contribution is -2.13. The molecule has 3 nitrogen and oxygen atoms in total. The average molecular weight is 335 g/mol. The van der Waals surface area contributed by atoms with E-state index < -0.39 is 0 Å². The Kier molecular flexibility index (Phi) is 5.56. The summed E-state index contributed by atoms with van der Waals surface area (Å²) in [4.78, 5) is 4.32. The molecule has 2 rings (SSSR count). The highest BCUT2D eigenvalue weighted by atomic mass is 79.9. The molecule has 2 aromatic rings. The first-order chi connectivity index (χ1) is 9.69. The Hall–Kier alpha value is -1.39. The summed E-state index contributed by atoms with van der Waals surface area (Å²) < 4.78 is 6.87. The Balaban J connectivity index is 2.06. The molecule has 0 radical (unpaired) electrons. The maximum atomic E-state index is 5.90. The Bertz CT molecular complexity index is 555. The largest absolute Gasteiger partial charge is 0.487 e. The maximum Gasteiger partial charge on any atom is 0.130 e. The quantitative estimate of drug-likeness (QED) is 0.871. The monoisotopic (exact) mass is 334 g/mol. The van der Waals surface area contributed by atoms with Crippen LogP contribution in [-0.2, 0) is 13.2 Å². The summed E-state index contributed by atoms with van der Waals surface area (Å²) in [5.74, 6) is 0.918. The van der Waals surface area contributed by atoms with E-state index in [9.17, 15) is 0 Å². The highest BCUT2D eigenvalue weighted by Crippen LogP contribution is 2.21. The molecule has 106 valence electrons. The van der Waals surface area contributed by atoms with E-state index in [0.717, 1.165) is 29.0 Å². The van der Waals surface area contributed by atoms with Crippen molar-refractivity contribution in [3.05, 3.63) is 57.8 Å². The molecule has 0 aliphatic carbocycles. The minimum Gasteiger partial charge on any atom is -0.487 e. The van der Waals surface area contributed by atoms with Crippen LogP contribution < -0.4 is 10.1 Å². The van der Waals surface area contributed by atoms with Crippen LogP contribution in [-0.4, -0.2) is 11.5 Å². The zero-order chi connectivity index (χ0) is 14.4. The highest BCUT2D eigenvalue weighted by Gasteiger charge is 2.05. The number of benzene rings is 1. The van der Waals surface area contributed by atoms with Gasteiger partial charge < -0.3 is 10.1 Å². The van der Waals surface area contributed by atoms with Gasteiger partial charge in [0.05, 0.1) is 5.69 Å². The minimum absolute atomic E-state index is 0.482. The SMILES string of the molecule is CCNCc1cc(C)ccc1OCc1ccc(Br)cn1. The molecule has 0 aliphatic rings. The molecule has 0 saturated heterocycles. The minimum atomic E-state index is 0.482. The second-order valence-electron chi connectivity index (χ2n) is 4.65. The fraction of sp³-hybridized carbons (Fsp3) is 0.312. The Morgan fingerprint density at radius 1 is 1.25 bits per heavy atom. The van der Waals surface area contributed by atoms with Crippen molar-refractivity contribution in [1.82, 2.24) is 10.3 Å².